The maximum atomic E-state index is 12.7. The van der Waals surface area contributed by atoms with E-state index in [1.54, 1.807) is 18.2 Å². The monoisotopic (exact) mass is 409 g/mol. The maximum absolute atomic E-state index is 12.7. The van der Waals surface area contributed by atoms with Crippen LogP contribution in [0.25, 0.3) is 0 Å². The highest BCUT2D eigenvalue weighted by Crippen LogP contribution is 2.19. The average Bonchev–Trinajstić information content (AvgIpc) is 2.68. The SMILES string of the molecule is Cc1cccc(NS(=O)(=O)c2cccc(C(=O)Nc3cccc(C(=O)[O-])c3)c2)c1. The molecule has 0 spiro atoms. The van der Waals surface area contributed by atoms with Crippen LogP contribution >= 0.6 is 0 Å². The van der Waals surface area contributed by atoms with Gasteiger partial charge in [0.05, 0.1) is 10.9 Å². The highest BCUT2D eigenvalue weighted by molar-refractivity contribution is 7.92. The molecule has 0 heterocycles. The van der Waals surface area contributed by atoms with Gasteiger partial charge in [0.1, 0.15) is 0 Å². The van der Waals surface area contributed by atoms with Crippen LogP contribution in [-0.2, 0) is 10.0 Å². The minimum absolute atomic E-state index is 0.0739. The summed E-state index contributed by atoms with van der Waals surface area (Å²) in [4.78, 5) is 23.4. The molecule has 148 valence electrons. The number of carboxylic acids is 1. The van der Waals surface area contributed by atoms with Crippen molar-refractivity contribution in [2.45, 2.75) is 11.8 Å². The molecule has 7 nitrogen and oxygen atoms in total. The minimum Gasteiger partial charge on any atom is -0.545 e. The van der Waals surface area contributed by atoms with Crippen LogP contribution in [0.5, 0.6) is 0 Å². The van der Waals surface area contributed by atoms with Gasteiger partial charge in [-0.15, -0.1) is 0 Å². The molecule has 0 atom stereocenters. The zero-order valence-electron chi connectivity index (χ0n) is 15.4. The summed E-state index contributed by atoms with van der Waals surface area (Å²) in [5.74, 6) is -1.94. The summed E-state index contributed by atoms with van der Waals surface area (Å²) in [7, 11) is -3.89. The van der Waals surface area contributed by atoms with Crippen LogP contribution < -0.4 is 15.1 Å². The number of nitrogens with one attached hydrogen (secondary N) is 2. The second-order valence-electron chi connectivity index (χ2n) is 6.33. The third kappa shape index (κ3) is 4.99. The molecule has 0 saturated heterocycles. The van der Waals surface area contributed by atoms with Crippen LogP contribution in [0.1, 0.15) is 26.3 Å². The number of sulfonamides is 1. The molecule has 29 heavy (non-hydrogen) atoms. The van der Waals surface area contributed by atoms with Crippen molar-refractivity contribution in [2.75, 3.05) is 10.0 Å². The predicted octanol–water partition coefficient (Wildman–Crippen LogP) is 2.41. The molecule has 1 amide bonds. The predicted molar refractivity (Wildman–Crippen MR) is 107 cm³/mol. The molecular weight excluding hydrogens is 392 g/mol. The molecule has 3 aromatic rings. The third-order valence-electron chi connectivity index (χ3n) is 4.03. The normalized spacial score (nSPS) is 10.9. The molecular formula is C21H17N2O5S-. The van der Waals surface area contributed by atoms with E-state index in [9.17, 15) is 23.1 Å². The Labute approximate surface area is 168 Å². The van der Waals surface area contributed by atoms with Crippen LogP contribution in [0.2, 0.25) is 0 Å². The largest absolute Gasteiger partial charge is 0.545 e. The van der Waals surface area contributed by atoms with E-state index in [4.69, 9.17) is 0 Å². The van der Waals surface area contributed by atoms with Crippen molar-refractivity contribution in [3.63, 3.8) is 0 Å². The van der Waals surface area contributed by atoms with Gasteiger partial charge in [0.2, 0.25) is 0 Å². The third-order valence-corrected chi connectivity index (χ3v) is 5.41. The molecule has 0 fully saturated rings. The first-order chi connectivity index (χ1) is 13.7. The summed E-state index contributed by atoms with van der Waals surface area (Å²) < 4.78 is 27.8. The van der Waals surface area contributed by atoms with Gasteiger partial charge >= 0.3 is 0 Å². The molecule has 8 heteroatoms. The summed E-state index contributed by atoms with van der Waals surface area (Å²) >= 11 is 0. The van der Waals surface area contributed by atoms with Gasteiger partial charge in [-0.1, -0.05) is 30.3 Å². The molecule has 0 bridgehead atoms. The van der Waals surface area contributed by atoms with Gasteiger partial charge in [-0.25, -0.2) is 8.42 Å². The highest BCUT2D eigenvalue weighted by atomic mass is 32.2. The Morgan fingerprint density at radius 3 is 2.21 bits per heavy atom. The van der Waals surface area contributed by atoms with Crippen molar-refractivity contribution >= 4 is 33.3 Å². The molecule has 0 saturated carbocycles. The molecule has 3 aromatic carbocycles. The van der Waals surface area contributed by atoms with Crippen LogP contribution in [0, 0.1) is 6.92 Å². The lowest BCUT2D eigenvalue weighted by molar-refractivity contribution is -0.255. The lowest BCUT2D eigenvalue weighted by Gasteiger charge is -2.11. The zero-order chi connectivity index (χ0) is 21.0. The Balaban J connectivity index is 1.82. The van der Waals surface area contributed by atoms with Crippen molar-refractivity contribution < 1.29 is 23.1 Å². The Morgan fingerprint density at radius 2 is 1.48 bits per heavy atom. The molecule has 3 rings (SSSR count). The lowest BCUT2D eigenvalue weighted by atomic mass is 10.2. The molecule has 0 aliphatic carbocycles. The van der Waals surface area contributed by atoms with Gasteiger partial charge in [-0.3, -0.25) is 9.52 Å². The topological polar surface area (TPSA) is 115 Å². The number of carbonyl (C=O) groups is 2. The van der Waals surface area contributed by atoms with Gasteiger partial charge < -0.3 is 15.2 Å². The standard InChI is InChI=1S/C21H18N2O5S/c1-14-5-2-9-18(11-14)23-29(27,28)19-10-4-6-15(13-19)20(24)22-17-8-3-7-16(12-17)21(25)26/h2-13,23H,1H3,(H,22,24)(H,25,26)/p-1. The number of carbonyl (C=O) groups excluding carboxylic acids is 2. The number of carboxylic acid groups (broad SMARTS) is 1. The van der Waals surface area contributed by atoms with Gasteiger partial charge in [-0.05, 0) is 60.5 Å². The fourth-order valence-electron chi connectivity index (χ4n) is 2.65. The Bertz CT molecular complexity index is 1190. The second-order valence-corrected chi connectivity index (χ2v) is 8.01. The number of anilines is 2. The fourth-order valence-corrected chi connectivity index (χ4v) is 3.75. The molecule has 0 aliphatic rings. The molecule has 0 aromatic heterocycles. The van der Waals surface area contributed by atoms with E-state index in [1.807, 2.05) is 13.0 Å². The Hall–Kier alpha value is -3.65. The molecule has 0 radical (unpaired) electrons. The van der Waals surface area contributed by atoms with Gasteiger partial charge in [0.25, 0.3) is 15.9 Å². The summed E-state index contributed by atoms with van der Waals surface area (Å²) in [5, 5.41) is 13.5. The first-order valence-electron chi connectivity index (χ1n) is 8.57. The lowest BCUT2D eigenvalue weighted by Crippen LogP contribution is -2.22. The van der Waals surface area contributed by atoms with Crippen molar-refractivity contribution in [1.29, 1.82) is 0 Å². The second kappa shape index (κ2) is 8.15. The number of rotatable bonds is 6. The van der Waals surface area contributed by atoms with Crippen LogP contribution in [0.4, 0.5) is 11.4 Å². The van der Waals surface area contributed by atoms with Crippen LogP contribution in [-0.4, -0.2) is 20.3 Å². The number of hydrogen-bond acceptors (Lipinski definition) is 5. The van der Waals surface area contributed by atoms with Gasteiger partial charge in [-0.2, -0.15) is 0 Å². The van der Waals surface area contributed by atoms with Crippen LogP contribution in [0.15, 0.2) is 77.7 Å². The van der Waals surface area contributed by atoms with Crippen molar-refractivity contribution in [1.82, 2.24) is 0 Å². The van der Waals surface area contributed by atoms with Crippen molar-refractivity contribution in [2.24, 2.45) is 0 Å². The highest BCUT2D eigenvalue weighted by Gasteiger charge is 2.17. The summed E-state index contributed by atoms with van der Waals surface area (Å²) in [6.45, 7) is 1.85. The van der Waals surface area contributed by atoms with E-state index in [1.165, 1.54) is 48.5 Å². The summed E-state index contributed by atoms with van der Waals surface area (Å²) in [6.07, 6.45) is 0. The first-order valence-corrected chi connectivity index (χ1v) is 10.1. The quantitative estimate of drug-likeness (QED) is 0.649. The Kier molecular flexibility index (Phi) is 5.65. The molecule has 2 N–H and O–H groups in total. The van der Waals surface area contributed by atoms with Gasteiger partial charge in [0, 0.05) is 16.9 Å². The van der Waals surface area contributed by atoms with E-state index in [0.717, 1.165) is 5.56 Å². The number of aromatic carboxylic acids is 1. The van der Waals surface area contributed by atoms with E-state index < -0.39 is 21.9 Å². The average molecular weight is 409 g/mol. The number of hydrogen-bond donors (Lipinski definition) is 2. The van der Waals surface area contributed by atoms with Gasteiger partial charge in [0.15, 0.2) is 0 Å². The number of benzene rings is 3. The maximum Gasteiger partial charge on any atom is 0.261 e. The minimum atomic E-state index is -3.89. The van der Waals surface area contributed by atoms with Crippen molar-refractivity contribution in [3.8, 4) is 0 Å². The first kappa shape index (κ1) is 20.1. The zero-order valence-corrected chi connectivity index (χ0v) is 16.2. The van der Waals surface area contributed by atoms with Crippen molar-refractivity contribution in [3.05, 3.63) is 89.5 Å². The van der Waals surface area contributed by atoms with E-state index in [2.05, 4.69) is 10.0 Å². The number of amides is 1. The van der Waals surface area contributed by atoms with E-state index >= 15 is 0 Å². The Morgan fingerprint density at radius 1 is 0.828 bits per heavy atom. The number of aryl methyl sites for hydroxylation is 1. The fraction of sp³-hybridized carbons (Fsp3) is 0.0476. The summed E-state index contributed by atoms with van der Waals surface area (Å²) in [5.41, 5.74) is 1.59. The molecule has 0 unspecified atom stereocenters. The smallest absolute Gasteiger partial charge is 0.261 e. The van der Waals surface area contributed by atoms with Crippen LogP contribution in [0.3, 0.4) is 0 Å². The van der Waals surface area contributed by atoms with E-state index in [-0.39, 0.29) is 21.7 Å². The summed E-state index contributed by atoms with van der Waals surface area (Å²) in [6, 6.07) is 18.0. The van der Waals surface area contributed by atoms with E-state index in [0.29, 0.717) is 5.69 Å². The molecule has 0 aliphatic heterocycles.